The van der Waals surface area contributed by atoms with Gasteiger partial charge in [-0.25, -0.2) is 0 Å². The van der Waals surface area contributed by atoms with E-state index in [1.807, 2.05) is 36.4 Å². The molecule has 1 aromatic carbocycles. The molecular weight excluding hydrogens is 392 g/mol. The Morgan fingerprint density at radius 2 is 1.93 bits per heavy atom. The molecule has 8 heteroatoms. The highest BCUT2D eigenvalue weighted by atomic mass is 32.1. The molecule has 2 bridgehead atoms. The molecule has 3 saturated heterocycles. The summed E-state index contributed by atoms with van der Waals surface area (Å²) in [5.41, 5.74) is 1.06. The van der Waals surface area contributed by atoms with E-state index in [1.165, 1.54) is 0 Å². The minimum absolute atomic E-state index is 0.138. The summed E-state index contributed by atoms with van der Waals surface area (Å²) in [7, 11) is 1.64. The van der Waals surface area contributed by atoms with Gasteiger partial charge in [-0.05, 0) is 48.5 Å². The number of hydrogen-bond donors (Lipinski definition) is 1. The Balaban J connectivity index is 1.48. The summed E-state index contributed by atoms with van der Waals surface area (Å²) >= 11 is 5.85. The van der Waals surface area contributed by atoms with Crippen LogP contribution in [0.4, 0.5) is 0 Å². The van der Waals surface area contributed by atoms with E-state index in [0.717, 1.165) is 17.1 Å². The zero-order valence-electron chi connectivity index (χ0n) is 15.9. The third kappa shape index (κ3) is 2.98. The molecule has 6 rings (SSSR count). The highest BCUT2D eigenvalue weighted by Gasteiger charge is 2.62. The van der Waals surface area contributed by atoms with Gasteiger partial charge in [-0.15, -0.1) is 0 Å². The number of carbonyl (C=O) groups is 1. The van der Waals surface area contributed by atoms with Crippen LogP contribution in [0, 0.1) is 5.92 Å². The molecule has 1 saturated carbocycles. The molecule has 29 heavy (non-hydrogen) atoms. The molecule has 4 aliphatic rings. The second-order valence-corrected chi connectivity index (χ2v) is 8.12. The maximum atomic E-state index is 12.5. The SMILES string of the molecule is COc1ccc(CN2C(=S)N(Cc3ccco3)[C@H]3[C@@H]2[C@H]2OC(=O)[C@@H]3C[C@H]2O)cc1. The standard InChI is InChI=1S/C21H22N2O5S/c1-26-13-6-4-12(5-7-13)10-22-18-17(15-9-16(24)19(18)28-20(15)25)23(21(22)29)11-14-3-2-8-27-14/h2-8,15-19,24H,9-11H2,1H3/t15-,16-,17-,18-,19+/m1/s1. The van der Waals surface area contributed by atoms with Crippen LogP contribution in [0.2, 0.25) is 0 Å². The summed E-state index contributed by atoms with van der Waals surface area (Å²) < 4.78 is 16.4. The van der Waals surface area contributed by atoms with Gasteiger partial charge >= 0.3 is 5.97 Å². The van der Waals surface area contributed by atoms with Crippen molar-refractivity contribution >= 4 is 23.3 Å². The molecule has 5 atom stereocenters. The van der Waals surface area contributed by atoms with E-state index in [-0.39, 0.29) is 18.1 Å². The maximum absolute atomic E-state index is 12.5. The van der Waals surface area contributed by atoms with Gasteiger partial charge in [0.2, 0.25) is 0 Å². The van der Waals surface area contributed by atoms with Crippen LogP contribution in [0.25, 0.3) is 0 Å². The Labute approximate surface area is 173 Å². The van der Waals surface area contributed by atoms with Crippen LogP contribution in [0.15, 0.2) is 47.1 Å². The molecule has 1 aliphatic carbocycles. The number of esters is 1. The molecule has 1 aromatic heterocycles. The van der Waals surface area contributed by atoms with Gasteiger partial charge in [0.15, 0.2) is 5.11 Å². The third-order valence-electron chi connectivity index (χ3n) is 6.16. The van der Waals surface area contributed by atoms with Crippen molar-refractivity contribution in [1.82, 2.24) is 9.80 Å². The number of ether oxygens (including phenoxy) is 2. The average Bonchev–Trinajstić information content (AvgIpc) is 3.33. The van der Waals surface area contributed by atoms with Gasteiger partial charge in [-0.1, -0.05) is 12.1 Å². The van der Waals surface area contributed by atoms with E-state index in [2.05, 4.69) is 9.80 Å². The van der Waals surface area contributed by atoms with Crippen LogP contribution in [0.3, 0.4) is 0 Å². The normalized spacial score (nSPS) is 30.5. The average molecular weight is 414 g/mol. The van der Waals surface area contributed by atoms with Gasteiger partial charge in [0.05, 0.1) is 44.0 Å². The smallest absolute Gasteiger partial charge is 0.311 e. The first-order chi connectivity index (χ1) is 14.1. The van der Waals surface area contributed by atoms with Gasteiger partial charge in [0, 0.05) is 6.54 Å². The number of hydrogen-bond acceptors (Lipinski definition) is 6. The van der Waals surface area contributed by atoms with Crippen molar-refractivity contribution in [1.29, 1.82) is 0 Å². The van der Waals surface area contributed by atoms with Crippen LogP contribution in [0.5, 0.6) is 5.75 Å². The number of aliphatic hydroxyl groups is 1. The van der Waals surface area contributed by atoms with E-state index in [4.69, 9.17) is 26.1 Å². The summed E-state index contributed by atoms with van der Waals surface area (Å²) in [5, 5.41) is 11.2. The number of aliphatic hydroxyl groups excluding tert-OH is 1. The molecule has 0 spiro atoms. The molecule has 0 unspecified atom stereocenters. The molecule has 0 amide bonds. The van der Waals surface area contributed by atoms with E-state index in [0.29, 0.717) is 24.6 Å². The Morgan fingerprint density at radius 1 is 1.17 bits per heavy atom. The second kappa shape index (κ2) is 7.03. The van der Waals surface area contributed by atoms with Crippen molar-refractivity contribution in [2.75, 3.05) is 7.11 Å². The van der Waals surface area contributed by atoms with E-state index in [9.17, 15) is 9.90 Å². The first kappa shape index (κ1) is 18.4. The molecule has 0 radical (unpaired) electrons. The Morgan fingerprint density at radius 3 is 2.62 bits per heavy atom. The van der Waals surface area contributed by atoms with Crippen molar-refractivity contribution in [2.45, 2.75) is 43.8 Å². The summed E-state index contributed by atoms with van der Waals surface area (Å²) in [6, 6.07) is 11.2. The summed E-state index contributed by atoms with van der Waals surface area (Å²) in [6.45, 7) is 1.05. The first-order valence-electron chi connectivity index (χ1n) is 9.68. The molecule has 3 aliphatic heterocycles. The van der Waals surface area contributed by atoms with Crippen LogP contribution in [-0.4, -0.2) is 57.4 Å². The Bertz CT molecular complexity index is 916. The lowest BCUT2D eigenvalue weighted by Gasteiger charge is -2.49. The Hall–Kier alpha value is -2.58. The van der Waals surface area contributed by atoms with Crippen LogP contribution < -0.4 is 4.74 Å². The number of carbonyl (C=O) groups excluding carboxylic acids is 1. The van der Waals surface area contributed by atoms with E-state index >= 15 is 0 Å². The van der Waals surface area contributed by atoms with Gasteiger partial charge in [0.25, 0.3) is 0 Å². The number of thiocarbonyl (C=S) groups is 1. The lowest BCUT2D eigenvalue weighted by atomic mass is 9.74. The van der Waals surface area contributed by atoms with Crippen LogP contribution in [0.1, 0.15) is 17.7 Å². The number of furan rings is 1. The summed E-state index contributed by atoms with van der Waals surface area (Å²) in [4.78, 5) is 16.6. The first-order valence-corrected chi connectivity index (χ1v) is 10.1. The van der Waals surface area contributed by atoms with Crippen molar-refractivity contribution < 1.29 is 23.8 Å². The number of fused-ring (bicyclic) bond motifs is 2. The number of rotatable bonds is 5. The second-order valence-electron chi connectivity index (χ2n) is 7.76. The minimum Gasteiger partial charge on any atom is -0.497 e. The lowest BCUT2D eigenvalue weighted by molar-refractivity contribution is -0.199. The summed E-state index contributed by atoms with van der Waals surface area (Å²) in [6.07, 6.45) is 0.767. The summed E-state index contributed by atoms with van der Waals surface area (Å²) in [5.74, 6) is 0.915. The molecular formula is C21H22N2O5S. The maximum Gasteiger partial charge on any atom is 0.311 e. The zero-order valence-corrected chi connectivity index (χ0v) is 16.7. The van der Waals surface area contributed by atoms with Gasteiger partial charge < -0.3 is 28.8 Å². The monoisotopic (exact) mass is 414 g/mol. The zero-order chi connectivity index (χ0) is 20.1. The molecule has 152 valence electrons. The third-order valence-corrected chi connectivity index (χ3v) is 6.63. The highest BCUT2D eigenvalue weighted by Crippen LogP contribution is 2.45. The van der Waals surface area contributed by atoms with Gasteiger partial charge in [-0.3, -0.25) is 4.79 Å². The topological polar surface area (TPSA) is 75.4 Å². The number of benzene rings is 1. The minimum atomic E-state index is -0.677. The van der Waals surface area contributed by atoms with Crippen LogP contribution in [-0.2, 0) is 22.6 Å². The highest BCUT2D eigenvalue weighted by molar-refractivity contribution is 7.80. The molecule has 7 nitrogen and oxygen atoms in total. The van der Waals surface area contributed by atoms with E-state index < -0.39 is 18.1 Å². The van der Waals surface area contributed by atoms with Crippen molar-refractivity contribution in [3.05, 3.63) is 54.0 Å². The predicted octanol–water partition coefficient (Wildman–Crippen LogP) is 1.93. The fraction of sp³-hybridized carbons (Fsp3) is 0.429. The Kier molecular flexibility index (Phi) is 4.48. The molecule has 4 heterocycles. The molecule has 2 aromatic rings. The van der Waals surface area contributed by atoms with Crippen molar-refractivity contribution in [3.63, 3.8) is 0 Å². The van der Waals surface area contributed by atoms with Crippen LogP contribution >= 0.6 is 12.2 Å². The molecule has 1 N–H and O–H groups in total. The fourth-order valence-corrected chi connectivity index (χ4v) is 5.20. The number of methoxy groups -OCH3 is 1. The predicted molar refractivity (Wildman–Crippen MR) is 107 cm³/mol. The van der Waals surface area contributed by atoms with Gasteiger partial charge in [0.1, 0.15) is 17.6 Å². The number of nitrogens with zero attached hydrogens (tertiary/aromatic N) is 2. The molecule has 4 fully saturated rings. The van der Waals surface area contributed by atoms with Crippen molar-refractivity contribution in [2.24, 2.45) is 5.92 Å². The fourth-order valence-electron chi connectivity index (χ4n) is 4.83. The largest absolute Gasteiger partial charge is 0.497 e. The van der Waals surface area contributed by atoms with E-state index in [1.54, 1.807) is 13.4 Å². The lowest BCUT2D eigenvalue weighted by Crippen LogP contribution is -2.66. The van der Waals surface area contributed by atoms with Crippen molar-refractivity contribution in [3.8, 4) is 5.75 Å². The quantitative estimate of drug-likeness (QED) is 0.588. The van der Waals surface area contributed by atoms with Gasteiger partial charge in [-0.2, -0.15) is 0 Å².